The van der Waals surface area contributed by atoms with Gasteiger partial charge in [-0.2, -0.15) is 0 Å². The molecular formula is C42H27NS. The van der Waals surface area contributed by atoms with E-state index in [1.54, 1.807) is 0 Å². The molecule has 0 spiro atoms. The summed E-state index contributed by atoms with van der Waals surface area (Å²) in [7, 11) is 0. The molecule has 2 heteroatoms. The molecule has 0 aliphatic rings. The third-order valence-electron chi connectivity index (χ3n) is 8.85. The van der Waals surface area contributed by atoms with E-state index in [0.29, 0.717) is 0 Å². The van der Waals surface area contributed by atoms with Crippen LogP contribution in [0.25, 0.3) is 63.6 Å². The highest BCUT2D eigenvalue weighted by atomic mass is 32.1. The highest BCUT2D eigenvalue weighted by Gasteiger charge is 2.18. The van der Waals surface area contributed by atoms with Crippen LogP contribution >= 0.6 is 11.3 Å². The molecule has 1 heterocycles. The Morgan fingerprint density at radius 1 is 0.341 bits per heavy atom. The third-order valence-corrected chi connectivity index (χ3v) is 10.0. The highest BCUT2D eigenvalue weighted by molar-refractivity contribution is 7.25. The molecule has 1 nitrogen and oxygen atoms in total. The SMILES string of the molecule is c1ccc(-c2ccc(N(c3ccc4sc5ccccc5c4c3)c3cccc4c3ccc3c5ccccc5ccc43)cc2)cc1. The Labute approximate surface area is 259 Å². The maximum atomic E-state index is 2.43. The number of hydrogen-bond acceptors (Lipinski definition) is 2. The zero-order chi connectivity index (χ0) is 29.0. The number of benzene rings is 8. The second-order valence-corrected chi connectivity index (χ2v) is 12.4. The molecule has 1 aromatic heterocycles. The summed E-state index contributed by atoms with van der Waals surface area (Å²) in [5, 5.41) is 10.2. The zero-order valence-electron chi connectivity index (χ0n) is 23.9. The van der Waals surface area contributed by atoms with Gasteiger partial charge in [-0.15, -0.1) is 11.3 Å². The van der Waals surface area contributed by atoms with Crippen LogP contribution in [0, 0.1) is 0 Å². The van der Waals surface area contributed by atoms with Gasteiger partial charge in [-0.05, 0) is 80.5 Å². The number of fused-ring (bicyclic) bond motifs is 8. The predicted molar refractivity (Wildman–Crippen MR) is 192 cm³/mol. The van der Waals surface area contributed by atoms with Crippen LogP contribution in [0.5, 0.6) is 0 Å². The van der Waals surface area contributed by atoms with E-state index in [1.165, 1.54) is 69.3 Å². The average molecular weight is 578 g/mol. The smallest absolute Gasteiger partial charge is 0.0540 e. The van der Waals surface area contributed by atoms with Gasteiger partial charge in [0.25, 0.3) is 0 Å². The Kier molecular flexibility index (Phi) is 5.75. The quantitative estimate of drug-likeness (QED) is 0.188. The van der Waals surface area contributed by atoms with Crippen LogP contribution in [0.4, 0.5) is 17.1 Å². The number of rotatable bonds is 4. The molecule has 0 aliphatic carbocycles. The fraction of sp³-hybridized carbons (Fsp3) is 0. The molecule has 0 fully saturated rings. The van der Waals surface area contributed by atoms with Crippen molar-refractivity contribution < 1.29 is 0 Å². The summed E-state index contributed by atoms with van der Waals surface area (Å²) in [5.74, 6) is 0. The van der Waals surface area contributed by atoms with E-state index in [-0.39, 0.29) is 0 Å². The Hall–Kier alpha value is -5.44. The average Bonchev–Trinajstić information content (AvgIpc) is 3.47. The van der Waals surface area contributed by atoms with Gasteiger partial charge in [-0.25, -0.2) is 0 Å². The summed E-state index contributed by atoms with van der Waals surface area (Å²) < 4.78 is 2.63. The first-order valence-corrected chi connectivity index (χ1v) is 15.8. The normalized spacial score (nSPS) is 11.6. The first-order chi connectivity index (χ1) is 21.8. The molecule has 0 radical (unpaired) electrons. The molecule has 9 aromatic rings. The Morgan fingerprint density at radius 3 is 1.84 bits per heavy atom. The third kappa shape index (κ3) is 4.00. The number of anilines is 3. The van der Waals surface area contributed by atoms with Crippen molar-refractivity contribution >= 4 is 80.9 Å². The molecule has 0 saturated heterocycles. The lowest BCUT2D eigenvalue weighted by Gasteiger charge is -2.27. The van der Waals surface area contributed by atoms with E-state index in [9.17, 15) is 0 Å². The molecule has 0 bridgehead atoms. The van der Waals surface area contributed by atoms with Crippen molar-refractivity contribution in [3.05, 3.63) is 164 Å². The van der Waals surface area contributed by atoms with Gasteiger partial charge >= 0.3 is 0 Å². The molecule has 0 N–H and O–H groups in total. The van der Waals surface area contributed by atoms with E-state index >= 15 is 0 Å². The van der Waals surface area contributed by atoms with Gasteiger partial charge in [0.1, 0.15) is 0 Å². The molecule has 0 amide bonds. The summed E-state index contributed by atoms with van der Waals surface area (Å²) in [6.07, 6.45) is 0. The van der Waals surface area contributed by atoms with Crippen LogP contribution in [-0.2, 0) is 0 Å². The molecule has 0 aliphatic heterocycles. The second kappa shape index (κ2) is 10.1. The first kappa shape index (κ1) is 25.1. The summed E-state index contributed by atoms with van der Waals surface area (Å²) in [5.41, 5.74) is 5.89. The van der Waals surface area contributed by atoms with Crippen molar-refractivity contribution in [1.29, 1.82) is 0 Å². The van der Waals surface area contributed by atoms with Crippen LogP contribution in [0.15, 0.2) is 164 Å². The van der Waals surface area contributed by atoms with Crippen molar-refractivity contribution in [3.8, 4) is 11.1 Å². The lowest BCUT2D eigenvalue weighted by Crippen LogP contribution is -2.10. The topological polar surface area (TPSA) is 3.24 Å². The summed E-state index contributed by atoms with van der Waals surface area (Å²) in [6, 6.07) is 59.8. The van der Waals surface area contributed by atoms with Gasteiger partial charge in [0.2, 0.25) is 0 Å². The Bertz CT molecular complexity index is 2490. The van der Waals surface area contributed by atoms with Crippen molar-refractivity contribution in [2.45, 2.75) is 0 Å². The van der Waals surface area contributed by atoms with Crippen LogP contribution in [0.3, 0.4) is 0 Å². The van der Waals surface area contributed by atoms with E-state index in [1.807, 2.05) is 11.3 Å². The zero-order valence-corrected chi connectivity index (χ0v) is 24.8. The fourth-order valence-corrected chi connectivity index (χ4v) is 7.84. The van der Waals surface area contributed by atoms with Crippen LogP contribution < -0.4 is 4.90 Å². The highest BCUT2D eigenvalue weighted by Crippen LogP contribution is 2.44. The molecule has 0 atom stereocenters. The lowest BCUT2D eigenvalue weighted by atomic mass is 9.96. The van der Waals surface area contributed by atoms with E-state index in [4.69, 9.17) is 0 Å². The molecule has 8 aromatic carbocycles. The second-order valence-electron chi connectivity index (χ2n) is 11.3. The number of thiophene rings is 1. The molecule has 44 heavy (non-hydrogen) atoms. The van der Waals surface area contributed by atoms with Gasteiger partial charge in [-0.1, -0.05) is 121 Å². The molecule has 9 rings (SSSR count). The molecule has 0 saturated carbocycles. The molecular weight excluding hydrogens is 551 g/mol. The fourth-order valence-electron chi connectivity index (χ4n) is 6.75. The summed E-state index contributed by atoms with van der Waals surface area (Å²) in [4.78, 5) is 2.43. The number of nitrogens with zero attached hydrogens (tertiary/aromatic N) is 1. The monoisotopic (exact) mass is 577 g/mol. The number of hydrogen-bond donors (Lipinski definition) is 0. The van der Waals surface area contributed by atoms with Crippen LogP contribution in [0.1, 0.15) is 0 Å². The largest absolute Gasteiger partial charge is 0.310 e. The Morgan fingerprint density at radius 2 is 0.955 bits per heavy atom. The minimum absolute atomic E-state index is 1.13. The minimum Gasteiger partial charge on any atom is -0.310 e. The van der Waals surface area contributed by atoms with Crippen molar-refractivity contribution in [2.24, 2.45) is 0 Å². The van der Waals surface area contributed by atoms with E-state index in [2.05, 4.69) is 169 Å². The van der Waals surface area contributed by atoms with Gasteiger partial charge in [0.15, 0.2) is 0 Å². The molecule has 0 unspecified atom stereocenters. The van der Waals surface area contributed by atoms with E-state index in [0.717, 1.165) is 11.4 Å². The van der Waals surface area contributed by atoms with E-state index < -0.39 is 0 Å². The van der Waals surface area contributed by atoms with Gasteiger partial charge in [0.05, 0.1) is 5.69 Å². The first-order valence-electron chi connectivity index (χ1n) is 15.0. The van der Waals surface area contributed by atoms with Gasteiger partial charge < -0.3 is 4.90 Å². The van der Waals surface area contributed by atoms with Gasteiger partial charge in [-0.3, -0.25) is 0 Å². The van der Waals surface area contributed by atoms with Crippen LogP contribution in [-0.4, -0.2) is 0 Å². The van der Waals surface area contributed by atoms with Crippen molar-refractivity contribution in [1.82, 2.24) is 0 Å². The van der Waals surface area contributed by atoms with Gasteiger partial charge in [0, 0.05) is 36.9 Å². The Balaban J connectivity index is 1.29. The summed E-state index contributed by atoms with van der Waals surface area (Å²) in [6.45, 7) is 0. The van der Waals surface area contributed by atoms with Crippen LogP contribution in [0.2, 0.25) is 0 Å². The predicted octanol–water partition coefficient (Wildman–Crippen LogP) is 12.7. The standard InChI is InChI=1S/C42H27NS/c1-2-9-28(10-3-1)29-17-20-31(21-18-29)43(32-22-26-42-39(27-32)38-13-6-7-16-41(38)44-42)40-15-8-14-34-36-23-19-30-11-4-5-12-33(30)35(36)24-25-37(34)40/h1-27H. The van der Waals surface area contributed by atoms with Crippen molar-refractivity contribution in [3.63, 3.8) is 0 Å². The maximum Gasteiger partial charge on any atom is 0.0540 e. The maximum absolute atomic E-state index is 2.43. The van der Waals surface area contributed by atoms with Crippen molar-refractivity contribution in [2.75, 3.05) is 4.90 Å². The lowest BCUT2D eigenvalue weighted by molar-refractivity contribution is 1.30. The minimum atomic E-state index is 1.13. The molecule has 206 valence electrons. The summed E-state index contributed by atoms with van der Waals surface area (Å²) >= 11 is 1.86.